The molecular formula is C6H2N6. The third-order valence-electron chi connectivity index (χ3n) is 1.70. The summed E-state index contributed by atoms with van der Waals surface area (Å²) in [7, 11) is 0. The topological polar surface area (TPSA) is 74.2 Å². The van der Waals surface area contributed by atoms with Gasteiger partial charge in [-0.15, -0.1) is 20.4 Å². The fraction of sp³-hybridized carbons (Fsp3) is 0. The maximum absolute atomic E-state index is 3.82. The Labute approximate surface area is 66.0 Å². The maximum atomic E-state index is 3.82. The molecule has 0 aromatic heterocycles. The summed E-state index contributed by atoms with van der Waals surface area (Å²) in [5, 5.41) is 23.7. The summed E-state index contributed by atoms with van der Waals surface area (Å²) in [6.45, 7) is 0. The van der Waals surface area contributed by atoms with Crippen LogP contribution in [-0.2, 0) is 0 Å². The third kappa shape index (κ3) is 0.541. The lowest BCUT2D eigenvalue weighted by Gasteiger charge is -1.88. The standard InChI is InChI=1S/C6H2N6/c1-2-4-6(10-12-8-4)5-3(1)7-11-9-5/h1-2H. The number of fused-ring (bicyclic) bond motifs is 3. The van der Waals surface area contributed by atoms with Crippen LogP contribution in [0, 0.1) is 0 Å². The van der Waals surface area contributed by atoms with Crippen LogP contribution < -0.4 is 10.7 Å². The normalized spacial score (nSPS) is 15.3. The van der Waals surface area contributed by atoms with E-state index >= 15 is 0 Å². The van der Waals surface area contributed by atoms with Gasteiger partial charge in [0.05, 0.1) is 0 Å². The van der Waals surface area contributed by atoms with E-state index in [0.29, 0.717) is 11.4 Å². The molecule has 0 unspecified atom stereocenters. The summed E-state index contributed by atoms with van der Waals surface area (Å²) in [4.78, 5) is 0. The molecule has 0 radical (unpaired) electrons. The molecule has 3 rings (SSSR count). The van der Waals surface area contributed by atoms with E-state index < -0.39 is 0 Å². The van der Waals surface area contributed by atoms with E-state index in [1.165, 1.54) is 0 Å². The van der Waals surface area contributed by atoms with Crippen molar-refractivity contribution >= 4 is 11.4 Å². The Morgan fingerprint density at radius 1 is 0.750 bits per heavy atom. The van der Waals surface area contributed by atoms with Gasteiger partial charge in [0.1, 0.15) is 22.1 Å². The molecule has 0 aliphatic carbocycles. The molecule has 0 atom stereocenters. The second-order valence-corrected chi connectivity index (χ2v) is 2.38. The van der Waals surface area contributed by atoms with Crippen molar-refractivity contribution in [3.8, 4) is 0 Å². The first kappa shape index (κ1) is 5.64. The average Bonchev–Trinajstić information content (AvgIpc) is 2.71. The Morgan fingerprint density at radius 3 is 1.75 bits per heavy atom. The van der Waals surface area contributed by atoms with Crippen molar-refractivity contribution in [2.75, 3.05) is 0 Å². The number of benzene rings is 1. The molecule has 6 heteroatoms. The van der Waals surface area contributed by atoms with E-state index in [4.69, 9.17) is 0 Å². The van der Waals surface area contributed by atoms with Gasteiger partial charge in [0.15, 0.2) is 0 Å². The van der Waals surface area contributed by atoms with Gasteiger partial charge in [0.2, 0.25) is 0 Å². The highest BCUT2D eigenvalue weighted by Crippen LogP contribution is 2.24. The van der Waals surface area contributed by atoms with Crippen molar-refractivity contribution in [2.45, 2.75) is 0 Å². The van der Waals surface area contributed by atoms with Crippen molar-refractivity contribution in [1.82, 2.24) is 0 Å². The zero-order valence-corrected chi connectivity index (χ0v) is 5.84. The Hall–Kier alpha value is -1.98. The molecule has 1 aromatic rings. The number of nitrogens with zero attached hydrogens (tertiary/aromatic N) is 6. The van der Waals surface area contributed by atoms with Gasteiger partial charge >= 0.3 is 0 Å². The first-order chi connectivity index (χ1) is 5.95. The Morgan fingerprint density at radius 2 is 1.25 bits per heavy atom. The molecule has 0 bridgehead atoms. The van der Waals surface area contributed by atoms with Gasteiger partial charge < -0.3 is 0 Å². The van der Waals surface area contributed by atoms with Crippen LogP contribution in [0.25, 0.3) is 0 Å². The molecule has 0 amide bonds. The fourth-order valence-corrected chi connectivity index (χ4v) is 1.15. The minimum Gasteiger partial charge on any atom is -0.128 e. The van der Waals surface area contributed by atoms with E-state index in [1.807, 2.05) is 0 Å². The van der Waals surface area contributed by atoms with Crippen LogP contribution in [0.4, 0.5) is 11.4 Å². The average molecular weight is 158 g/mol. The van der Waals surface area contributed by atoms with Crippen molar-refractivity contribution in [2.24, 2.45) is 30.9 Å². The van der Waals surface area contributed by atoms with Crippen LogP contribution in [0.5, 0.6) is 0 Å². The second kappa shape index (κ2) is 1.79. The van der Waals surface area contributed by atoms with Crippen LogP contribution in [0.1, 0.15) is 0 Å². The predicted octanol–water partition coefficient (Wildman–Crippen LogP) is 0.950. The predicted molar refractivity (Wildman–Crippen MR) is 37.8 cm³/mol. The van der Waals surface area contributed by atoms with Crippen LogP contribution in [0.15, 0.2) is 43.0 Å². The van der Waals surface area contributed by atoms with E-state index in [2.05, 4.69) is 30.9 Å². The summed E-state index contributed by atoms with van der Waals surface area (Å²) in [5.74, 6) is 0. The molecule has 2 aliphatic heterocycles. The zero-order chi connectivity index (χ0) is 7.97. The highest BCUT2D eigenvalue weighted by atomic mass is 15.4. The third-order valence-corrected chi connectivity index (χ3v) is 1.70. The van der Waals surface area contributed by atoms with Gasteiger partial charge in [0.25, 0.3) is 0 Å². The molecule has 2 aliphatic rings. The lowest BCUT2D eigenvalue weighted by atomic mass is 10.2. The van der Waals surface area contributed by atoms with Crippen molar-refractivity contribution in [1.29, 1.82) is 0 Å². The van der Waals surface area contributed by atoms with Crippen LogP contribution in [-0.4, -0.2) is 0 Å². The molecule has 2 heterocycles. The molecule has 0 saturated carbocycles. The summed E-state index contributed by atoms with van der Waals surface area (Å²) < 4.78 is 0. The molecule has 0 spiro atoms. The molecule has 12 heavy (non-hydrogen) atoms. The minimum absolute atomic E-state index is 0.664. The van der Waals surface area contributed by atoms with Crippen molar-refractivity contribution < 1.29 is 0 Å². The summed E-state index contributed by atoms with van der Waals surface area (Å²) >= 11 is 0. The molecule has 6 nitrogen and oxygen atoms in total. The summed E-state index contributed by atoms with van der Waals surface area (Å²) in [6.07, 6.45) is 0. The van der Waals surface area contributed by atoms with Crippen molar-refractivity contribution in [3.05, 3.63) is 22.8 Å². The highest BCUT2D eigenvalue weighted by molar-refractivity contribution is 5.60. The second-order valence-electron chi connectivity index (χ2n) is 2.38. The van der Waals surface area contributed by atoms with Gasteiger partial charge in [-0.2, -0.15) is 0 Å². The number of hydrogen-bond acceptors (Lipinski definition) is 6. The Bertz CT molecular complexity index is 477. The van der Waals surface area contributed by atoms with Gasteiger partial charge in [-0.1, -0.05) is 0 Å². The first-order valence-electron chi connectivity index (χ1n) is 3.36. The van der Waals surface area contributed by atoms with Crippen LogP contribution in [0.2, 0.25) is 0 Å². The summed E-state index contributed by atoms with van der Waals surface area (Å²) in [5.41, 5.74) is 1.33. The van der Waals surface area contributed by atoms with E-state index in [0.717, 1.165) is 10.7 Å². The van der Waals surface area contributed by atoms with E-state index in [-0.39, 0.29) is 0 Å². The Kier molecular flexibility index (Phi) is 0.840. The number of hydrogen-bond donors (Lipinski definition) is 0. The van der Waals surface area contributed by atoms with Gasteiger partial charge in [0, 0.05) is 0 Å². The molecule has 0 fully saturated rings. The molecular weight excluding hydrogens is 156 g/mol. The largest absolute Gasteiger partial charge is 0.145 e. The highest BCUT2D eigenvalue weighted by Gasteiger charge is 2.12. The number of rotatable bonds is 0. The zero-order valence-electron chi connectivity index (χ0n) is 5.84. The van der Waals surface area contributed by atoms with E-state index in [9.17, 15) is 0 Å². The fourth-order valence-electron chi connectivity index (χ4n) is 1.15. The smallest absolute Gasteiger partial charge is 0.128 e. The van der Waals surface area contributed by atoms with Crippen LogP contribution in [0.3, 0.4) is 0 Å². The van der Waals surface area contributed by atoms with Gasteiger partial charge in [-0.3, -0.25) is 0 Å². The quantitative estimate of drug-likeness (QED) is 0.539. The van der Waals surface area contributed by atoms with Gasteiger partial charge in [-0.25, -0.2) is 0 Å². The van der Waals surface area contributed by atoms with Crippen LogP contribution >= 0.6 is 0 Å². The SMILES string of the molecule is c1cc2c(c3c1=NN=N3)N=NN=2. The monoisotopic (exact) mass is 158 g/mol. The van der Waals surface area contributed by atoms with Crippen molar-refractivity contribution in [3.63, 3.8) is 0 Å². The lowest BCUT2D eigenvalue weighted by Crippen LogP contribution is -2.06. The molecule has 0 saturated heterocycles. The Balaban J connectivity index is 2.57. The molecule has 1 aromatic carbocycles. The lowest BCUT2D eigenvalue weighted by molar-refractivity contribution is 1.07. The first-order valence-corrected chi connectivity index (χ1v) is 3.36. The molecule has 56 valence electrons. The molecule has 0 N–H and O–H groups in total. The van der Waals surface area contributed by atoms with Gasteiger partial charge in [-0.05, 0) is 22.6 Å². The maximum Gasteiger partial charge on any atom is 0.145 e. The summed E-state index contributed by atoms with van der Waals surface area (Å²) in [6, 6.07) is 3.60. The minimum atomic E-state index is 0.664. The van der Waals surface area contributed by atoms with E-state index in [1.54, 1.807) is 12.1 Å².